The van der Waals surface area contributed by atoms with Gasteiger partial charge in [-0.05, 0) is 33.4 Å². The largest absolute Gasteiger partial charge is 0.391 e. The van der Waals surface area contributed by atoms with E-state index in [4.69, 9.17) is 5.73 Å². The number of hydrogen-bond acceptors (Lipinski definition) is 4. The first kappa shape index (κ1) is 12.8. The number of nitrogens with zero attached hydrogens (tertiary/aromatic N) is 2. The second-order valence-electron chi connectivity index (χ2n) is 5.75. The van der Waals surface area contributed by atoms with E-state index in [-0.39, 0.29) is 23.5 Å². The Morgan fingerprint density at radius 2 is 2.18 bits per heavy atom. The lowest BCUT2D eigenvalue weighted by atomic mass is 10.1. The van der Waals surface area contributed by atoms with Gasteiger partial charge in [0.05, 0.1) is 11.5 Å². The molecule has 2 fully saturated rings. The number of β-amino-alcohol motifs (C(OH)–C–C–N with tert-alkyl or cyclic N) is 1. The highest BCUT2D eigenvalue weighted by Crippen LogP contribution is 2.47. The molecule has 3 N–H and O–H groups in total. The van der Waals surface area contributed by atoms with Crippen molar-refractivity contribution in [3.05, 3.63) is 0 Å². The molecule has 1 saturated heterocycles. The maximum Gasteiger partial charge on any atom is 0.230 e. The molecule has 0 aromatic rings. The molecule has 0 radical (unpaired) electrons. The van der Waals surface area contributed by atoms with E-state index in [1.165, 1.54) is 0 Å². The van der Waals surface area contributed by atoms with Crippen LogP contribution in [-0.4, -0.2) is 66.7 Å². The van der Waals surface area contributed by atoms with Gasteiger partial charge in [-0.25, -0.2) is 0 Å². The molecule has 2 unspecified atom stereocenters. The van der Waals surface area contributed by atoms with Gasteiger partial charge in [0.15, 0.2) is 0 Å². The average Bonchev–Trinajstić information content (AvgIpc) is 2.97. The van der Waals surface area contributed by atoms with Gasteiger partial charge in [0, 0.05) is 25.7 Å². The highest BCUT2D eigenvalue weighted by Gasteiger charge is 2.52. The number of likely N-dealkylation sites (N-methyl/N-ethyl adjacent to an activating group) is 1. The number of amides is 1. The number of aliphatic hydroxyl groups excluding tert-OH is 1. The van der Waals surface area contributed by atoms with E-state index >= 15 is 0 Å². The molecule has 1 aliphatic carbocycles. The lowest BCUT2D eigenvalue weighted by molar-refractivity contribution is -0.138. The Bertz CT molecular complexity index is 302. The third-order valence-electron chi connectivity index (χ3n) is 3.93. The second kappa shape index (κ2) is 4.55. The van der Waals surface area contributed by atoms with Crippen LogP contribution in [-0.2, 0) is 4.79 Å². The van der Waals surface area contributed by atoms with Crippen molar-refractivity contribution in [1.29, 1.82) is 0 Å². The van der Waals surface area contributed by atoms with E-state index in [1.807, 2.05) is 19.0 Å². The Hall–Kier alpha value is -0.650. The van der Waals surface area contributed by atoms with Gasteiger partial charge in [-0.15, -0.1) is 0 Å². The second-order valence-corrected chi connectivity index (χ2v) is 5.75. The first-order chi connectivity index (χ1) is 7.98. The summed E-state index contributed by atoms with van der Waals surface area (Å²) in [5.74, 6) is 0.156. The van der Waals surface area contributed by atoms with Gasteiger partial charge < -0.3 is 20.6 Å². The minimum atomic E-state index is -0.377. The van der Waals surface area contributed by atoms with Crippen molar-refractivity contribution in [2.24, 2.45) is 11.1 Å². The highest BCUT2D eigenvalue weighted by atomic mass is 16.3. The Kier molecular flexibility index (Phi) is 3.43. The van der Waals surface area contributed by atoms with Crippen LogP contribution in [0, 0.1) is 5.41 Å². The first-order valence-corrected chi connectivity index (χ1v) is 6.32. The molecule has 1 amide bonds. The van der Waals surface area contributed by atoms with Crippen LogP contribution < -0.4 is 5.73 Å². The predicted molar refractivity (Wildman–Crippen MR) is 65.4 cm³/mol. The molecule has 5 nitrogen and oxygen atoms in total. The SMILES string of the molecule is CN(C)CC1CC(O)CN1C(=O)C1(CN)CC1. The summed E-state index contributed by atoms with van der Waals surface area (Å²) in [5.41, 5.74) is 5.40. The number of likely N-dealkylation sites (tertiary alicyclic amines) is 1. The van der Waals surface area contributed by atoms with Crippen LogP contribution in [0.3, 0.4) is 0 Å². The fourth-order valence-corrected chi connectivity index (χ4v) is 2.70. The van der Waals surface area contributed by atoms with Gasteiger partial charge in [0.25, 0.3) is 0 Å². The van der Waals surface area contributed by atoms with Gasteiger partial charge in [-0.1, -0.05) is 0 Å². The van der Waals surface area contributed by atoms with Crippen molar-refractivity contribution in [3.8, 4) is 0 Å². The van der Waals surface area contributed by atoms with E-state index in [2.05, 4.69) is 4.90 Å². The van der Waals surface area contributed by atoms with Gasteiger partial charge in [-0.3, -0.25) is 4.79 Å². The van der Waals surface area contributed by atoms with E-state index in [1.54, 1.807) is 0 Å². The van der Waals surface area contributed by atoms with Crippen LogP contribution >= 0.6 is 0 Å². The number of hydrogen-bond donors (Lipinski definition) is 2. The average molecular weight is 241 g/mol. The van der Waals surface area contributed by atoms with Gasteiger partial charge in [0.1, 0.15) is 0 Å². The van der Waals surface area contributed by atoms with Crippen LogP contribution in [0.2, 0.25) is 0 Å². The molecule has 1 saturated carbocycles. The summed E-state index contributed by atoms with van der Waals surface area (Å²) in [7, 11) is 3.98. The molecule has 2 aliphatic rings. The summed E-state index contributed by atoms with van der Waals surface area (Å²) in [6.45, 7) is 1.72. The minimum Gasteiger partial charge on any atom is -0.391 e. The Balaban J connectivity index is 2.05. The first-order valence-electron chi connectivity index (χ1n) is 6.32. The van der Waals surface area contributed by atoms with E-state index in [0.29, 0.717) is 19.5 Å². The van der Waals surface area contributed by atoms with Crippen LogP contribution in [0.5, 0.6) is 0 Å². The summed E-state index contributed by atoms with van der Waals surface area (Å²) in [6, 6.07) is 0.136. The van der Waals surface area contributed by atoms with Crippen molar-refractivity contribution >= 4 is 5.91 Å². The molecule has 17 heavy (non-hydrogen) atoms. The third-order valence-corrected chi connectivity index (χ3v) is 3.93. The quantitative estimate of drug-likeness (QED) is 0.679. The highest BCUT2D eigenvalue weighted by molar-refractivity contribution is 5.86. The minimum absolute atomic E-state index is 0.136. The number of nitrogens with two attached hydrogens (primary N) is 1. The van der Waals surface area contributed by atoms with E-state index in [9.17, 15) is 9.90 Å². The molecule has 1 aliphatic heterocycles. The van der Waals surface area contributed by atoms with E-state index in [0.717, 1.165) is 19.4 Å². The standard InChI is InChI=1S/C12H23N3O2/c1-14(2)6-9-5-10(16)7-15(9)11(17)12(8-13)3-4-12/h9-10,16H,3-8,13H2,1-2H3. The van der Waals surface area contributed by atoms with E-state index < -0.39 is 0 Å². The number of rotatable bonds is 4. The van der Waals surface area contributed by atoms with Gasteiger partial charge in [-0.2, -0.15) is 0 Å². The number of aliphatic hydroxyl groups is 1. The monoisotopic (exact) mass is 241 g/mol. The van der Waals surface area contributed by atoms with Crippen LogP contribution in [0.15, 0.2) is 0 Å². The van der Waals surface area contributed by atoms with Crippen molar-refractivity contribution in [2.75, 3.05) is 33.7 Å². The summed E-state index contributed by atoms with van der Waals surface area (Å²) >= 11 is 0. The topological polar surface area (TPSA) is 69.8 Å². The van der Waals surface area contributed by atoms with Gasteiger partial charge in [0.2, 0.25) is 5.91 Å². The molecule has 0 aromatic heterocycles. The molecule has 0 bridgehead atoms. The fourth-order valence-electron chi connectivity index (χ4n) is 2.70. The zero-order valence-corrected chi connectivity index (χ0v) is 10.7. The molecule has 2 rings (SSSR count). The molecule has 1 heterocycles. The Morgan fingerprint density at radius 3 is 2.65 bits per heavy atom. The number of carbonyl (C=O) groups is 1. The number of carbonyl (C=O) groups excluding carboxylic acids is 1. The smallest absolute Gasteiger partial charge is 0.230 e. The lowest BCUT2D eigenvalue weighted by Crippen LogP contribution is -2.46. The zero-order chi connectivity index (χ0) is 12.6. The third kappa shape index (κ3) is 2.46. The van der Waals surface area contributed by atoms with Crippen LogP contribution in [0.1, 0.15) is 19.3 Å². The maximum atomic E-state index is 12.4. The summed E-state index contributed by atoms with van der Waals surface area (Å²) < 4.78 is 0. The molecule has 5 heteroatoms. The lowest BCUT2D eigenvalue weighted by Gasteiger charge is -2.29. The summed E-state index contributed by atoms with van der Waals surface area (Å²) in [4.78, 5) is 16.3. The van der Waals surface area contributed by atoms with Gasteiger partial charge >= 0.3 is 0 Å². The van der Waals surface area contributed by atoms with Crippen molar-refractivity contribution in [2.45, 2.75) is 31.4 Å². The summed E-state index contributed by atoms with van der Waals surface area (Å²) in [6.07, 6.45) is 2.12. The van der Waals surface area contributed by atoms with Crippen molar-refractivity contribution in [1.82, 2.24) is 9.80 Å². The Morgan fingerprint density at radius 1 is 1.53 bits per heavy atom. The van der Waals surface area contributed by atoms with Crippen LogP contribution in [0.4, 0.5) is 0 Å². The predicted octanol–water partition coefficient (Wildman–Crippen LogP) is -0.751. The van der Waals surface area contributed by atoms with Crippen LogP contribution in [0.25, 0.3) is 0 Å². The van der Waals surface area contributed by atoms with Crippen molar-refractivity contribution < 1.29 is 9.90 Å². The summed E-state index contributed by atoms with van der Waals surface area (Å²) in [5, 5.41) is 9.75. The Labute approximate surface area is 103 Å². The molecular weight excluding hydrogens is 218 g/mol. The molecule has 0 spiro atoms. The normalized spacial score (nSPS) is 31.0. The molecule has 2 atom stereocenters. The zero-order valence-electron chi connectivity index (χ0n) is 10.7. The molecule has 0 aromatic carbocycles. The molecular formula is C12H23N3O2. The van der Waals surface area contributed by atoms with Crippen molar-refractivity contribution in [3.63, 3.8) is 0 Å². The fraction of sp³-hybridized carbons (Fsp3) is 0.917. The maximum absolute atomic E-state index is 12.4. The molecule has 98 valence electrons.